The number of nitrogens with zero attached hydrogens (tertiary/aromatic N) is 1. The van der Waals surface area contributed by atoms with E-state index in [1.165, 1.54) is 17.0 Å². The summed E-state index contributed by atoms with van der Waals surface area (Å²) in [5.41, 5.74) is 0.283. The number of ether oxygens (including phenoxy) is 1. The predicted molar refractivity (Wildman–Crippen MR) is 81.8 cm³/mol. The summed E-state index contributed by atoms with van der Waals surface area (Å²) in [5, 5.41) is 0.286. The Morgan fingerprint density at radius 3 is 2.71 bits per heavy atom. The molecule has 0 radical (unpaired) electrons. The lowest BCUT2D eigenvalue weighted by Gasteiger charge is -2.18. The van der Waals surface area contributed by atoms with Crippen molar-refractivity contribution in [3.63, 3.8) is 0 Å². The van der Waals surface area contributed by atoms with Crippen LogP contribution < -0.4 is 0 Å². The Morgan fingerprint density at radius 2 is 2.10 bits per heavy atom. The van der Waals surface area contributed by atoms with Crippen molar-refractivity contribution >= 4 is 35.2 Å². The van der Waals surface area contributed by atoms with Gasteiger partial charge < -0.3 is 9.64 Å². The van der Waals surface area contributed by atoms with E-state index in [1.807, 2.05) is 0 Å². The highest BCUT2D eigenvalue weighted by atomic mass is 35.5. The van der Waals surface area contributed by atoms with Crippen LogP contribution in [0.1, 0.15) is 12.5 Å². The molecule has 1 rings (SSSR count). The number of carbonyl (C=O) groups excluding carboxylic acids is 2. The molecule has 1 aromatic rings. The second kappa shape index (κ2) is 8.89. The van der Waals surface area contributed by atoms with Gasteiger partial charge in [-0.3, -0.25) is 9.59 Å². The van der Waals surface area contributed by atoms with Crippen LogP contribution in [0.25, 0.3) is 0 Å². The number of amides is 1. The van der Waals surface area contributed by atoms with Crippen LogP contribution >= 0.6 is 23.4 Å². The number of esters is 1. The largest absolute Gasteiger partial charge is 0.465 e. The fourth-order valence-electron chi connectivity index (χ4n) is 1.54. The van der Waals surface area contributed by atoms with Crippen molar-refractivity contribution in [1.82, 2.24) is 4.90 Å². The van der Waals surface area contributed by atoms with Gasteiger partial charge in [0.25, 0.3) is 0 Å². The Hall–Kier alpha value is -1.27. The first-order valence-corrected chi connectivity index (χ1v) is 7.89. The molecule has 0 aromatic heterocycles. The standard InChI is InChI=1S/C14H17ClFNO3S/c1-3-20-14(19)9-21-8-13(18)17(2)7-10-11(15)5-4-6-12(10)16/h4-6H,3,7-9H2,1-2H3. The van der Waals surface area contributed by atoms with Crippen LogP contribution in [0, 0.1) is 5.82 Å². The monoisotopic (exact) mass is 333 g/mol. The van der Waals surface area contributed by atoms with Crippen molar-refractivity contribution in [2.45, 2.75) is 13.5 Å². The van der Waals surface area contributed by atoms with E-state index >= 15 is 0 Å². The van der Waals surface area contributed by atoms with Crippen molar-refractivity contribution in [2.75, 3.05) is 25.2 Å². The Morgan fingerprint density at radius 1 is 1.38 bits per heavy atom. The minimum absolute atomic E-state index is 0.0876. The number of halogens is 2. The topological polar surface area (TPSA) is 46.6 Å². The summed E-state index contributed by atoms with van der Waals surface area (Å²) in [6.07, 6.45) is 0. The zero-order chi connectivity index (χ0) is 15.8. The molecule has 21 heavy (non-hydrogen) atoms. The Balaban J connectivity index is 2.46. The summed E-state index contributed by atoms with van der Waals surface area (Å²) < 4.78 is 18.4. The van der Waals surface area contributed by atoms with Crippen molar-refractivity contribution in [1.29, 1.82) is 0 Å². The van der Waals surface area contributed by atoms with Crippen LogP contribution in [0.5, 0.6) is 0 Å². The molecular weight excluding hydrogens is 317 g/mol. The highest BCUT2D eigenvalue weighted by molar-refractivity contribution is 8.00. The average Bonchev–Trinajstić information content (AvgIpc) is 2.43. The zero-order valence-corrected chi connectivity index (χ0v) is 13.5. The molecule has 0 fully saturated rings. The first-order valence-electron chi connectivity index (χ1n) is 6.36. The quantitative estimate of drug-likeness (QED) is 0.720. The highest BCUT2D eigenvalue weighted by Crippen LogP contribution is 2.20. The molecule has 0 N–H and O–H groups in total. The van der Waals surface area contributed by atoms with Gasteiger partial charge in [0.05, 0.1) is 18.1 Å². The first-order chi connectivity index (χ1) is 9.95. The summed E-state index contributed by atoms with van der Waals surface area (Å²) in [6, 6.07) is 4.39. The molecule has 0 aliphatic rings. The van der Waals surface area contributed by atoms with Gasteiger partial charge in [-0.05, 0) is 19.1 Å². The minimum Gasteiger partial charge on any atom is -0.465 e. The average molecular weight is 334 g/mol. The van der Waals surface area contributed by atoms with Crippen molar-refractivity contribution in [2.24, 2.45) is 0 Å². The molecule has 4 nitrogen and oxygen atoms in total. The van der Waals surface area contributed by atoms with Crippen LogP contribution in [-0.4, -0.2) is 41.9 Å². The van der Waals surface area contributed by atoms with Gasteiger partial charge in [0.1, 0.15) is 5.82 Å². The minimum atomic E-state index is -0.443. The molecule has 0 saturated carbocycles. The molecule has 0 aliphatic heterocycles. The van der Waals surface area contributed by atoms with Gasteiger partial charge in [-0.2, -0.15) is 0 Å². The van der Waals surface area contributed by atoms with Gasteiger partial charge in [-0.1, -0.05) is 17.7 Å². The number of carbonyl (C=O) groups is 2. The lowest BCUT2D eigenvalue weighted by atomic mass is 10.2. The molecule has 1 aromatic carbocycles. The second-order valence-corrected chi connectivity index (χ2v) is 5.64. The third-order valence-corrected chi connectivity index (χ3v) is 3.88. The van der Waals surface area contributed by atoms with Gasteiger partial charge in [-0.25, -0.2) is 4.39 Å². The van der Waals surface area contributed by atoms with Crippen LogP contribution in [0.15, 0.2) is 18.2 Å². The molecule has 116 valence electrons. The first kappa shape index (κ1) is 17.8. The summed E-state index contributed by atoms with van der Waals surface area (Å²) in [7, 11) is 1.57. The molecule has 0 bridgehead atoms. The van der Waals surface area contributed by atoms with Crippen molar-refractivity contribution in [3.8, 4) is 0 Å². The van der Waals surface area contributed by atoms with E-state index < -0.39 is 5.82 Å². The smallest absolute Gasteiger partial charge is 0.315 e. The highest BCUT2D eigenvalue weighted by Gasteiger charge is 2.15. The lowest BCUT2D eigenvalue weighted by molar-refractivity contribution is -0.139. The summed E-state index contributed by atoms with van der Waals surface area (Å²) in [5.74, 6) is -0.755. The molecule has 0 aliphatic carbocycles. The third kappa shape index (κ3) is 5.93. The zero-order valence-electron chi connectivity index (χ0n) is 11.9. The van der Waals surface area contributed by atoms with E-state index in [0.717, 1.165) is 11.8 Å². The van der Waals surface area contributed by atoms with Gasteiger partial charge in [0, 0.05) is 24.2 Å². The van der Waals surface area contributed by atoms with Crippen LogP contribution in [0.2, 0.25) is 5.02 Å². The number of thioether (sulfide) groups is 1. The third-order valence-electron chi connectivity index (χ3n) is 2.63. The number of rotatable bonds is 7. The second-order valence-electron chi connectivity index (χ2n) is 4.25. The summed E-state index contributed by atoms with van der Waals surface area (Å²) in [4.78, 5) is 24.4. The SMILES string of the molecule is CCOC(=O)CSCC(=O)N(C)Cc1c(F)cccc1Cl. The van der Waals surface area contributed by atoms with E-state index in [0.29, 0.717) is 6.61 Å². The Labute approximate surface area is 132 Å². The molecule has 0 saturated heterocycles. The van der Waals surface area contributed by atoms with E-state index in [9.17, 15) is 14.0 Å². The molecule has 0 heterocycles. The molecular formula is C14H17ClFNO3S. The summed E-state index contributed by atoms with van der Waals surface area (Å²) >= 11 is 7.08. The fraction of sp³-hybridized carbons (Fsp3) is 0.429. The fourth-order valence-corrected chi connectivity index (χ4v) is 2.51. The van der Waals surface area contributed by atoms with E-state index in [1.54, 1.807) is 20.0 Å². The Bertz CT molecular complexity index is 493. The van der Waals surface area contributed by atoms with Gasteiger partial charge >= 0.3 is 5.97 Å². The summed E-state index contributed by atoms with van der Waals surface area (Å²) in [6.45, 7) is 2.13. The van der Waals surface area contributed by atoms with E-state index in [2.05, 4.69) is 0 Å². The van der Waals surface area contributed by atoms with E-state index in [-0.39, 0.29) is 40.5 Å². The lowest BCUT2D eigenvalue weighted by Crippen LogP contribution is -2.28. The maximum atomic E-state index is 13.6. The normalized spacial score (nSPS) is 10.3. The number of benzene rings is 1. The molecule has 0 atom stereocenters. The molecule has 1 amide bonds. The molecule has 0 unspecified atom stereocenters. The number of hydrogen-bond acceptors (Lipinski definition) is 4. The van der Waals surface area contributed by atoms with Gasteiger partial charge in [0.2, 0.25) is 5.91 Å². The predicted octanol–water partition coefficient (Wildman–Crippen LogP) is 2.73. The molecule has 7 heteroatoms. The van der Waals surface area contributed by atoms with Crippen molar-refractivity contribution in [3.05, 3.63) is 34.6 Å². The van der Waals surface area contributed by atoms with E-state index in [4.69, 9.17) is 16.3 Å². The van der Waals surface area contributed by atoms with Crippen molar-refractivity contribution < 1.29 is 18.7 Å². The van der Waals surface area contributed by atoms with Crippen LogP contribution in [-0.2, 0) is 20.9 Å². The van der Waals surface area contributed by atoms with Crippen LogP contribution in [0.4, 0.5) is 4.39 Å². The maximum Gasteiger partial charge on any atom is 0.315 e. The number of hydrogen-bond donors (Lipinski definition) is 0. The maximum absolute atomic E-state index is 13.6. The van der Waals surface area contributed by atoms with Gasteiger partial charge in [-0.15, -0.1) is 11.8 Å². The van der Waals surface area contributed by atoms with Crippen LogP contribution in [0.3, 0.4) is 0 Å². The van der Waals surface area contributed by atoms with Gasteiger partial charge in [0.15, 0.2) is 0 Å². The molecule has 0 spiro atoms. The Kier molecular flexibility index (Phi) is 7.53.